The molecule has 1 aromatic heterocycles. The SMILES string of the molecule is O=C(NC(C(=O)Oc1cc2oc(=O)c3c(c2cc1Cl)CCC3)c1ccccc1)OCc1ccccc1. The number of hydrogen-bond acceptors (Lipinski definition) is 6. The molecule has 1 aliphatic rings. The normalized spacial score (nSPS) is 13.1. The second-order valence-electron chi connectivity index (χ2n) is 8.45. The van der Waals surface area contributed by atoms with Crippen LogP contribution in [-0.4, -0.2) is 12.1 Å². The van der Waals surface area contributed by atoms with Crippen LogP contribution in [0, 0.1) is 0 Å². The third-order valence-electron chi connectivity index (χ3n) is 6.08. The molecule has 36 heavy (non-hydrogen) atoms. The van der Waals surface area contributed by atoms with Crippen LogP contribution in [0.5, 0.6) is 5.75 Å². The van der Waals surface area contributed by atoms with Gasteiger partial charge >= 0.3 is 17.7 Å². The first-order valence-corrected chi connectivity index (χ1v) is 11.9. The summed E-state index contributed by atoms with van der Waals surface area (Å²) in [5.74, 6) is -0.752. The average Bonchev–Trinajstić information content (AvgIpc) is 3.39. The number of esters is 1. The third kappa shape index (κ3) is 4.97. The molecule has 0 spiro atoms. The van der Waals surface area contributed by atoms with Crippen LogP contribution in [0.15, 0.2) is 82.0 Å². The van der Waals surface area contributed by atoms with Crippen LogP contribution < -0.4 is 15.7 Å². The van der Waals surface area contributed by atoms with E-state index >= 15 is 0 Å². The largest absolute Gasteiger partial charge is 0.445 e. The van der Waals surface area contributed by atoms with Crippen molar-refractivity contribution in [1.29, 1.82) is 0 Å². The fourth-order valence-corrected chi connectivity index (χ4v) is 4.54. The molecule has 0 bridgehead atoms. The van der Waals surface area contributed by atoms with E-state index < -0.39 is 18.1 Å². The van der Waals surface area contributed by atoms with Gasteiger partial charge in [0, 0.05) is 17.0 Å². The molecule has 1 aliphatic carbocycles. The number of benzene rings is 3. The molecule has 1 unspecified atom stereocenters. The molecular formula is C28H22ClNO6. The lowest BCUT2D eigenvalue weighted by atomic mass is 10.1. The second-order valence-corrected chi connectivity index (χ2v) is 8.86. The topological polar surface area (TPSA) is 94.8 Å². The fraction of sp³-hybridized carbons (Fsp3) is 0.179. The molecule has 0 aliphatic heterocycles. The smallest absolute Gasteiger partial charge is 0.408 e. The minimum absolute atomic E-state index is 0.0237. The Labute approximate surface area is 211 Å². The van der Waals surface area contributed by atoms with Crippen molar-refractivity contribution in [1.82, 2.24) is 5.32 Å². The van der Waals surface area contributed by atoms with Crippen molar-refractivity contribution < 1.29 is 23.5 Å². The minimum atomic E-state index is -1.16. The quantitative estimate of drug-likeness (QED) is 0.212. The molecule has 1 N–H and O–H groups in total. The Bertz CT molecular complexity index is 1480. The number of alkyl carbamates (subject to hydrolysis) is 1. The predicted octanol–water partition coefficient (Wildman–Crippen LogP) is 5.51. The van der Waals surface area contributed by atoms with Gasteiger partial charge in [-0.2, -0.15) is 0 Å². The Morgan fingerprint density at radius 1 is 0.972 bits per heavy atom. The standard InChI is InChI=1S/C28H22ClNO6/c29-22-14-21-19-12-7-13-20(19)26(31)35-23(21)15-24(22)36-27(32)25(18-10-5-2-6-11-18)30-28(33)34-16-17-8-3-1-4-9-17/h1-6,8-11,14-15,25H,7,12-13,16H2,(H,30,33). The number of nitrogens with one attached hydrogen (secondary N) is 1. The molecule has 182 valence electrons. The molecule has 0 saturated heterocycles. The first kappa shape index (κ1) is 23.6. The van der Waals surface area contributed by atoms with Crippen molar-refractivity contribution in [3.8, 4) is 5.75 Å². The molecule has 8 heteroatoms. The van der Waals surface area contributed by atoms with Crippen LogP contribution in [0.25, 0.3) is 11.0 Å². The van der Waals surface area contributed by atoms with Crippen molar-refractivity contribution >= 4 is 34.6 Å². The maximum atomic E-state index is 13.2. The number of aryl methyl sites for hydroxylation is 1. The van der Waals surface area contributed by atoms with Gasteiger partial charge in [0.05, 0.1) is 5.02 Å². The van der Waals surface area contributed by atoms with Crippen molar-refractivity contribution in [3.05, 3.63) is 110 Å². The second kappa shape index (κ2) is 10.3. The van der Waals surface area contributed by atoms with Gasteiger partial charge in [0.2, 0.25) is 0 Å². The first-order valence-electron chi connectivity index (χ1n) is 11.5. The lowest BCUT2D eigenvalue weighted by molar-refractivity contribution is -0.136. The molecule has 0 radical (unpaired) electrons. The lowest BCUT2D eigenvalue weighted by Gasteiger charge is -2.18. The van der Waals surface area contributed by atoms with E-state index in [1.807, 2.05) is 30.3 Å². The van der Waals surface area contributed by atoms with Crippen LogP contribution in [0.2, 0.25) is 5.02 Å². The molecule has 5 rings (SSSR count). The third-order valence-corrected chi connectivity index (χ3v) is 6.38. The summed E-state index contributed by atoms with van der Waals surface area (Å²) in [6, 6.07) is 19.8. The Balaban J connectivity index is 1.38. The van der Waals surface area contributed by atoms with Gasteiger partial charge in [0.15, 0.2) is 11.8 Å². The van der Waals surface area contributed by atoms with E-state index in [1.165, 1.54) is 6.07 Å². The van der Waals surface area contributed by atoms with E-state index in [0.29, 0.717) is 23.1 Å². The van der Waals surface area contributed by atoms with E-state index in [-0.39, 0.29) is 23.0 Å². The average molecular weight is 504 g/mol. The van der Waals surface area contributed by atoms with Crippen LogP contribution >= 0.6 is 11.6 Å². The van der Waals surface area contributed by atoms with Gasteiger partial charge in [-0.05, 0) is 42.0 Å². The van der Waals surface area contributed by atoms with Crippen molar-refractivity contribution in [3.63, 3.8) is 0 Å². The number of hydrogen-bond donors (Lipinski definition) is 1. The highest BCUT2D eigenvalue weighted by molar-refractivity contribution is 6.33. The monoisotopic (exact) mass is 503 g/mol. The molecule has 4 aromatic rings. The highest BCUT2D eigenvalue weighted by atomic mass is 35.5. The predicted molar refractivity (Wildman–Crippen MR) is 134 cm³/mol. The summed E-state index contributed by atoms with van der Waals surface area (Å²) in [6.07, 6.45) is 1.53. The summed E-state index contributed by atoms with van der Waals surface area (Å²) in [5, 5.41) is 3.49. The molecular weight excluding hydrogens is 482 g/mol. The van der Waals surface area contributed by atoms with E-state index in [4.69, 9.17) is 25.5 Å². The molecule has 1 atom stereocenters. The first-order chi connectivity index (χ1) is 17.5. The summed E-state index contributed by atoms with van der Waals surface area (Å²) < 4.78 is 16.3. The number of carbonyl (C=O) groups is 2. The van der Waals surface area contributed by atoms with Gasteiger partial charge in [0.1, 0.15) is 12.2 Å². The van der Waals surface area contributed by atoms with E-state index in [0.717, 1.165) is 29.4 Å². The lowest BCUT2D eigenvalue weighted by Crippen LogP contribution is -2.36. The number of fused-ring (bicyclic) bond motifs is 3. The van der Waals surface area contributed by atoms with Crippen LogP contribution in [-0.2, 0) is 29.0 Å². The fourth-order valence-electron chi connectivity index (χ4n) is 4.33. The number of ether oxygens (including phenoxy) is 2. The zero-order chi connectivity index (χ0) is 25.1. The minimum Gasteiger partial charge on any atom is -0.445 e. The van der Waals surface area contributed by atoms with Gasteiger partial charge in [0.25, 0.3) is 0 Å². The maximum absolute atomic E-state index is 13.2. The molecule has 0 saturated carbocycles. The van der Waals surface area contributed by atoms with Gasteiger partial charge in [-0.25, -0.2) is 14.4 Å². The number of rotatable bonds is 6. The zero-order valence-electron chi connectivity index (χ0n) is 19.2. The van der Waals surface area contributed by atoms with Crippen molar-refractivity contribution in [2.24, 2.45) is 0 Å². The Morgan fingerprint density at radius 2 is 1.67 bits per heavy atom. The highest BCUT2D eigenvalue weighted by Crippen LogP contribution is 2.35. The number of amides is 1. The summed E-state index contributed by atoms with van der Waals surface area (Å²) in [7, 11) is 0. The summed E-state index contributed by atoms with van der Waals surface area (Å²) >= 11 is 6.45. The Hall–Kier alpha value is -4.10. The van der Waals surface area contributed by atoms with E-state index in [2.05, 4.69) is 5.32 Å². The summed E-state index contributed by atoms with van der Waals surface area (Å²) in [5.41, 5.74) is 2.80. The van der Waals surface area contributed by atoms with Gasteiger partial charge in [-0.1, -0.05) is 72.3 Å². The summed E-state index contributed by atoms with van der Waals surface area (Å²) in [6.45, 7) is 0.0447. The number of halogens is 1. The van der Waals surface area contributed by atoms with E-state index in [9.17, 15) is 14.4 Å². The molecule has 1 heterocycles. The number of carbonyl (C=O) groups excluding carboxylic acids is 2. The molecule has 0 fully saturated rings. The molecule has 3 aromatic carbocycles. The zero-order valence-corrected chi connectivity index (χ0v) is 19.9. The Morgan fingerprint density at radius 3 is 2.42 bits per heavy atom. The highest BCUT2D eigenvalue weighted by Gasteiger charge is 2.27. The molecule has 7 nitrogen and oxygen atoms in total. The summed E-state index contributed by atoms with van der Waals surface area (Å²) in [4.78, 5) is 38.1. The Kier molecular flexibility index (Phi) is 6.73. The van der Waals surface area contributed by atoms with Crippen molar-refractivity contribution in [2.75, 3.05) is 0 Å². The van der Waals surface area contributed by atoms with Gasteiger partial charge < -0.3 is 19.2 Å². The maximum Gasteiger partial charge on any atom is 0.408 e. The van der Waals surface area contributed by atoms with Gasteiger partial charge in [-0.15, -0.1) is 0 Å². The molecule has 1 amide bonds. The van der Waals surface area contributed by atoms with E-state index in [1.54, 1.807) is 36.4 Å². The van der Waals surface area contributed by atoms with Gasteiger partial charge in [-0.3, -0.25) is 0 Å². The van der Waals surface area contributed by atoms with Crippen LogP contribution in [0.4, 0.5) is 4.79 Å². The van der Waals surface area contributed by atoms with Crippen LogP contribution in [0.1, 0.15) is 34.7 Å². The van der Waals surface area contributed by atoms with Crippen molar-refractivity contribution in [2.45, 2.75) is 31.9 Å². The van der Waals surface area contributed by atoms with Crippen LogP contribution in [0.3, 0.4) is 0 Å².